The molecular formula is C14H13ClN2S. The predicted molar refractivity (Wildman–Crippen MR) is 75.8 cm³/mol. The molecule has 4 heteroatoms. The lowest BCUT2D eigenvalue weighted by Gasteiger charge is -2.06. The molecule has 0 fully saturated rings. The minimum Gasteiger partial charge on any atom is -0.308 e. The first-order valence-corrected chi connectivity index (χ1v) is 6.88. The Labute approximate surface area is 116 Å². The standard InChI is InChI=1S/C14H13ClN2S/c1-10-4-5-18-14(10)9-17-8-12-3-2-11(7-16)6-13(12)15/h2-6,17H,8-9H2,1H3. The Kier molecular flexibility index (Phi) is 4.38. The summed E-state index contributed by atoms with van der Waals surface area (Å²) in [6.45, 7) is 3.67. The lowest BCUT2D eigenvalue weighted by atomic mass is 10.1. The molecule has 92 valence electrons. The number of rotatable bonds is 4. The fourth-order valence-corrected chi connectivity index (χ4v) is 2.78. The summed E-state index contributed by atoms with van der Waals surface area (Å²) < 4.78 is 0. The number of thiophene rings is 1. The third-order valence-electron chi connectivity index (χ3n) is 2.75. The van der Waals surface area contributed by atoms with E-state index in [2.05, 4.69) is 29.8 Å². The summed E-state index contributed by atoms with van der Waals surface area (Å²) >= 11 is 7.87. The van der Waals surface area contributed by atoms with E-state index >= 15 is 0 Å². The van der Waals surface area contributed by atoms with Gasteiger partial charge in [-0.25, -0.2) is 0 Å². The number of benzene rings is 1. The lowest BCUT2D eigenvalue weighted by Crippen LogP contribution is -2.12. The summed E-state index contributed by atoms with van der Waals surface area (Å²) in [6, 6.07) is 9.59. The maximum atomic E-state index is 8.76. The van der Waals surface area contributed by atoms with Gasteiger partial charge in [0.2, 0.25) is 0 Å². The van der Waals surface area contributed by atoms with E-state index in [1.165, 1.54) is 10.4 Å². The van der Waals surface area contributed by atoms with E-state index in [9.17, 15) is 0 Å². The van der Waals surface area contributed by atoms with Gasteiger partial charge >= 0.3 is 0 Å². The van der Waals surface area contributed by atoms with E-state index in [4.69, 9.17) is 16.9 Å². The van der Waals surface area contributed by atoms with Crippen LogP contribution >= 0.6 is 22.9 Å². The van der Waals surface area contributed by atoms with Crippen molar-refractivity contribution < 1.29 is 0 Å². The van der Waals surface area contributed by atoms with Crippen molar-refractivity contribution in [3.63, 3.8) is 0 Å². The van der Waals surface area contributed by atoms with Crippen LogP contribution in [-0.2, 0) is 13.1 Å². The maximum Gasteiger partial charge on any atom is 0.0992 e. The Balaban J connectivity index is 1.95. The molecule has 1 aromatic heterocycles. The van der Waals surface area contributed by atoms with Crippen LogP contribution in [0.1, 0.15) is 21.6 Å². The molecule has 0 aliphatic rings. The second-order valence-corrected chi connectivity index (χ2v) is 5.46. The van der Waals surface area contributed by atoms with Crippen LogP contribution in [0.15, 0.2) is 29.6 Å². The molecule has 2 aromatic rings. The van der Waals surface area contributed by atoms with E-state index in [0.29, 0.717) is 17.1 Å². The zero-order valence-electron chi connectivity index (χ0n) is 10.0. The molecule has 0 saturated heterocycles. The van der Waals surface area contributed by atoms with Crippen molar-refractivity contribution in [3.8, 4) is 6.07 Å². The SMILES string of the molecule is Cc1ccsc1CNCc1ccc(C#N)cc1Cl. The van der Waals surface area contributed by atoms with Crippen LogP contribution in [-0.4, -0.2) is 0 Å². The van der Waals surface area contributed by atoms with Crippen molar-refractivity contribution >= 4 is 22.9 Å². The summed E-state index contributed by atoms with van der Waals surface area (Å²) in [6.07, 6.45) is 0. The lowest BCUT2D eigenvalue weighted by molar-refractivity contribution is 0.699. The molecule has 18 heavy (non-hydrogen) atoms. The van der Waals surface area contributed by atoms with Crippen molar-refractivity contribution in [2.45, 2.75) is 20.0 Å². The van der Waals surface area contributed by atoms with Crippen molar-refractivity contribution in [1.82, 2.24) is 5.32 Å². The number of nitrogens with zero attached hydrogens (tertiary/aromatic N) is 1. The van der Waals surface area contributed by atoms with E-state index in [-0.39, 0.29) is 0 Å². The van der Waals surface area contributed by atoms with Crippen LogP contribution in [0.5, 0.6) is 0 Å². The summed E-state index contributed by atoms with van der Waals surface area (Å²) in [5.74, 6) is 0. The van der Waals surface area contributed by atoms with Gasteiger partial charge in [0.25, 0.3) is 0 Å². The molecule has 0 atom stereocenters. The fraction of sp³-hybridized carbons (Fsp3) is 0.214. The van der Waals surface area contributed by atoms with Crippen LogP contribution in [0.2, 0.25) is 5.02 Å². The highest BCUT2D eigenvalue weighted by Gasteiger charge is 2.03. The van der Waals surface area contributed by atoms with Gasteiger partial charge in [-0.2, -0.15) is 5.26 Å². The van der Waals surface area contributed by atoms with E-state index in [0.717, 1.165) is 12.1 Å². The minimum atomic E-state index is 0.595. The van der Waals surface area contributed by atoms with Crippen LogP contribution in [0, 0.1) is 18.3 Å². The van der Waals surface area contributed by atoms with Gasteiger partial charge in [0, 0.05) is 23.0 Å². The molecular weight excluding hydrogens is 264 g/mol. The molecule has 1 heterocycles. The van der Waals surface area contributed by atoms with Crippen molar-refractivity contribution in [3.05, 3.63) is 56.2 Å². The van der Waals surface area contributed by atoms with Crippen LogP contribution in [0.3, 0.4) is 0 Å². The third-order valence-corrected chi connectivity index (χ3v) is 4.13. The first-order valence-electron chi connectivity index (χ1n) is 5.63. The molecule has 0 bridgehead atoms. The Morgan fingerprint density at radius 1 is 1.33 bits per heavy atom. The normalized spacial score (nSPS) is 10.3. The summed E-state index contributed by atoms with van der Waals surface area (Å²) in [4.78, 5) is 1.35. The topological polar surface area (TPSA) is 35.8 Å². The minimum absolute atomic E-state index is 0.595. The monoisotopic (exact) mass is 276 g/mol. The van der Waals surface area contributed by atoms with Crippen molar-refractivity contribution in [1.29, 1.82) is 5.26 Å². The smallest absolute Gasteiger partial charge is 0.0992 e. The number of hydrogen-bond donors (Lipinski definition) is 1. The fourth-order valence-electron chi connectivity index (χ4n) is 1.66. The predicted octanol–water partition coefficient (Wildman–Crippen LogP) is 3.87. The third kappa shape index (κ3) is 3.11. The number of aryl methyl sites for hydroxylation is 1. The largest absolute Gasteiger partial charge is 0.308 e. The van der Waals surface area contributed by atoms with Gasteiger partial charge in [0.1, 0.15) is 0 Å². The maximum absolute atomic E-state index is 8.76. The van der Waals surface area contributed by atoms with E-state index in [1.54, 1.807) is 23.5 Å². The molecule has 0 aliphatic heterocycles. The Morgan fingerprint density at radius 3 is 2.78 bits per heavy atom. The van der Waals surface area contributed by atoms with Gasteiger partial charge in [0.15, 0.2) is 0 Å². The Hall–Kier alpha value is -1.34. The molecule has 1 aromatic carbocycles. The highest BCUT2D eigenvalue weighted by Crippen LogP contribution is 2.18. The number of nitriles is 1. The number of halogens is 1. The van der Waals surface area contributed by atoms with E-state index in [1.807, 2.05) is 6.07 Å². The average molecular weight is 277 g/mol. The molecule has 0 aliphatic carbocycles. The molecule has 2 rings (SSSR count). The molecule has 0 unspecified atom stereocenters. The second-order valence-electron chi connectivity index (χ2n) is 4.05. The van der Waals surface area contributed by atoms with Crippen molar-refractivity contribution in [2.24, 2.45) is 0 Å². The van der Waals surface area contributed by atoms with Gasteiger partial charge in [0.05, 0.1) is 11.6 Å². The average Bonchev–Trinajstić information content (AvgIpc) is 2.77. The van der Waals surface area contributed by atoms with Crippen LogP contribution in [0.4, 0.5) is 0 Å². The van der Waals surface area contributed by atoms with Crippen LogP contribution < -0.4 is 5.32 Å². The van der Waals surface area contributed by atoms with Gasteiger partial charge in [-0.05, 0) is 41.6 Å². The highest BCUT2D eigenvalue weighted by atomic mass is 35.5. The quantitative estimate of drug-likeness (QED) is 0.920. The first-order chi connectivity index (χ1) is 8.70. The number of hydrogen-bond acceptors (Lipinski definition) is 3. The number of nitrogens with one attached hydrogen (secondary N) is 1. The van der Waals surface area contributed by atoms with E-state index < -0.39 is 0 Å². The summed E-state index contributed by atoms with van der Waals surface area (Å²) in [5.41, 5.74) is 2.93. The second kappa shape index (κ2) is 6.01. The first kappa shape index (κ1) is 13.1. The van der Waals surface area contributed by atoms with Gasteiger partial charge < -0.3 is 5.32 Å². The van der Waals surface area contributed by atoms with Crippen LogP contribution in [0.25, 0.3) is 0 Å². The Bertz CT molecular complexity index is 584. The summed E-state index contributed by atoms with van der Waals surface area (Å²) in [7, 11) is 0. The molecule has 2 nitrogen and oxygen atoms in total. The molecule has 0 radical (unpaired) electrons. The zero-order valence-corrected chi connectivity index (χ0v) is 11.6. The van der Waals surface area contributed by atoms with Gasteiger partial charge in [-0.3, -0.25) is 0 Å². The molecule has 0 spiro atoms. The van der Waals surface area contributed by atoms with Gasteiger partial charge in [-0.15, -0.1) is 11.3 Å². The molecule has 0 saturated carbocycles. The summed E-state index contributed by atoms with van der Waals surface area (Å²) in [5, 5.41) is 14.9. The molecule has 1 N–H and O–H groups in total. The highest BCUT2D eigenvalue weighted by molar-refractivity contribution is 7.10. The zero-order chi connectivity index (χ0) is 13.0. The Morgan fingerprint density at radius 2 is 2.17 bits per heavy atom. The van der Waals surface area contributed by atoms with Gasteiger partial charge in [-0.1, -0.05) is 17.7 Å². The van der Waals surface area contributed by atoms with Crippen molar-refractivity contribution in [2.75, 3.05) is 0 Å². The molecule has 0 amide bonds.